The van der Waals surface area contributed by atoms with Crippen molar-refractivity contribution >= 4 is 5.69 Å². The van der Waals surface area contributed by atoms with Crippen molar-refractivity contribution in [2.24, 2.45) is 5.73 Å². The van der Waals surface area contributed by atoms with Gasteiger partial charge in [-0.25, -0.2) is 0 Å². The van der Waals surface area contributed by atoms with E-state index in [9.17, 15) is 0 Å². The van der Waals surface area contributed by atoms with Crippen LogP contribution in [0.5, 0.6) is 0 Å². The summed E-state index contributed by atoms with van der Waals surface area (Å²) in [7, 11) is 0. The molecule has 2 N–H and O–H groups in total. The monoisotopic (exact) mass is 206 g/mol. The molecule has 0 spiro atoms. The molecule has 0 aromatic heterocycles. The van der Waals surface area contributed by atoms with E-state index in [1.165, 1.54) is 11.3 Å². The Balaban J connectivity index is 2.79. The minimum atomic E-state index is 0.177. The Labute approximate surface area is 93.1 Å². The number of rotatable bonds is 5. The number of nitrogens with two attached hydrogens (primary N) is 1. The molecule has 1 aromatic rings. The van der Waals surface area contributed by atoms with Crippen LogP contribution in [0.2, 0.25) is 0 Å². The third kappa shape index (κ3) is 2.96. The van der Waals surface area contributed by atoms with E-state index in [4.69, 9.17) is 5.73 Å². The molecule has 0 aliphatic rings. The van der Waals surface area contributed by atoms with Crippen LogP contribution in [0.4, 0.5) is 5.69 Å². The molecule has 0 saturated carbocycles. The molecule has 1 aromatic carbocycles. The van der Waals surface area contributed by atoms with Crippen molar-refractivity contribution in [3.8, 4) is 0 Å². The Kier molecular flexibility index (Phi) is 4.63. The molecule has 0 fully saturated rings. The first-order valence-corrected chi connectivity index (χ1v) is 5.83. The standard InChI is InChI=1S/C13H22N2/c1-4-13(14)11-7-9-12(10-8-11)15(5-2)6-3/h7-10,13H,4-6,14H2,1-3H3/t13-/m1/s1. The maximum Gasteiger partial charge on any atom is 0.0366 e. The lowest BCUT2D eigenvalue weighted by atomic mass is 10.1. The molecule has 0 bridgehead atoms. The molecule has 15 heavy (non-hydrogen) atoms. The van der Waals surface area contributed by atoms with Gasteiger partial charge in [0.1, 0.15) is 0 Å². The van der Waals surface area contributed by atoms with E-state index in [0.717, 1.165) is 19.5 Å². The smallest absolute Gasteiger partial charge is 0.0366 e. The molecule has 0 amide bonds. The van der Waals surface area contributed by atoms with Gasteiger partial charge in [-0.15, -0.1) is 0 Å². The molecule has 0 unspecified atom stereocenters. The van der Waals surface area contributed by atoms with Crippen molar-refractivity contribution in [2.45, 2.75) is 33.2 Å². The number of hydrogen-bond acceptors (Lipinski definition) is 2. The highest BCUT2D eigenvalue weighted by Gasteiger charge is 2.04. The fourth-order valence-corrected chi connectivity index (χ4v) is 1.76. The average Bonchev–Trinajstić information content (AvgIpc) is 2.30. The van der Waals surface area contributed by atoms with Crippen LogP contribution in [-0.4, -0.2) is 13.1 Å². The molecule has 0 aliphatic heterocycles. The van der Waals surface area contributed by atoms with Crippen LogP contribution in [0.3, 0.4) is 0 Å². The van der Waals surface area contributed by atoms with E-state index in [1.54, 1.807) is 0 Å². The van der Waals surface area contributed by atoms with E-state index in [0.29, 0.717) is 0 Å². The van der Waals surface area contributed by atoms with Gasteiger partial charge >= 0.3 is 0 Å². The zero-order valence-corrected chi connectivity index (χ0v) is 10.0. The molecule has 1 rings (SSSR count). The third-order valence-corrected chi connectivity index (χ3v) is 2.89. The van der Waals surface area contributed by atoms with Crippen LogP contribution in [0, 0.1) is 0 Å². The fourth-order valence-electron chi connectivity index (χ4n) is 1.76. The summed E-state index contributed by atoms with van der Waals surface area (Å²) in [6.07, 6.45) is 0.991. The summed E-state index contributed by atoms with van der Waals surface area (Å²) in [5.41, 5.74) is 8.49. The highest BCUT2D eigenvalue weighted by molar-refractivity contribution is 5.47. The number of anilines is 1. The van der Waals surface area contributed by atoms with Gasteiger partial charge in [-0.2, -0.15) is 0 Å². The van der Waals surface area contributed by atoms with Gasteiger partial charge in [-0.1, -0.05) is 19.1 Å². The van der Waals surface area contributed by atoms with Gasteiger partial charge in [0.2, 0.25) is 0 Å². The zero-order chi connectivity index (χ0) is 11.3. The zero-order valence-electron chi connectivity index (χ0n) is 10.0. The van der Waals surface area contributed by atoms with Crippen molar-refractivity contribution in [3.05, 3.63) is 29.8 Å². The molecule has 0 aliphatic carbocycles. The summed E-state index contributed by atoms with van der Waals surface area (Å²) in [5.74, 6) is 0. The summed E-state index contributed by atoms with van der Waals surface area (Å²) < 4.78 is 0. The van der Waals surface area contributed by atoms with E-state index in [2.05, 4.69) is 49.9 Å². The first kappa shape index (κ1) is 12.1. The van der Waals surface area contributed by atoms with Crippen molar-refractivity contribution in [1.29, 1.82) is 0 Å². The largest absolute Gasteiger partial charge is 0.372 e. The van der Waals surface area contributed by atoms with Crippen LogP contribution in [-0.2, 0) is 0 Å². The Morgan fingerprint density at radius 2 is 1.60 bits per heavy atom. The van der Waals surface area contributed by atoms with Crippen LogP contribution >= 0.6 is 0 Å². The van der Waals surface area contributed by atoms with Crippen LogP contribution in [0.25, 0.3) is 0 Å². The van der Waals surface area contributed by atoms with Crippen molar-refractivity contribution in [3.63, 3.8) is 0 Å². The second-order valence-corrected chi connectivity index (χ2v) is 3.78. The minimum absolute atomic E-state index is 0.177. The van der Waals surface area contributed by atoms with Gasteiger partial charge in [0.25, 0.3) is 0 Å². The first-order chi connectivity index (χ1) is 7.22. The summed E-state index contributed by atoms with van der Waals surface area (Å²) in [5, 5.41) is 0. The van der Waals surface area contributed by atoms with Gasteiger partial charge < -0.3 is 10.6 Å². The fraction of sp³-hybridized carbons (Fsp3) is 0.538. The highest BCUT2D eigenvalue weighted by atomic mass is 15.1. The second-order valence-electron chi connectivity index (χ2n) is 3.78. The minimum Gasteiger partial charge on any atom is -0.372 e. The molecule has 0 radical (unpaired) electrons. The first-order valence-electron chi connectivity index (χ1n) is 5.83. The molecule has 1 atom stereocenters. The van der Waals surface area contributed by atoms with E-state index < -0.39 is 0 Å². The van der Waals surface area contributed by atoms with E-state index >= 15 is 0 Å². The molecule has 0 saturated heterocycles. The lowest BCUT2D eigenvalue weighted by molar-refractivity contribution is 0.698. The van der Waals surface area contributed by atoms with Crippen molar-refractivity contribution in [2.75, 3.05) is 18.0 Å². The lowest BCUT2D eigenvalue weighted by Gasteiger charge is -2.21. The Morgan fingerprint density at radius 1 is 1.07 bits per heavy atom. The highest BCUT2D eigenvalue weighted by Crippen LogP contribution is 2.19. The topological polar surface area (TPSA) is 29.3 Å². The summed E-state index contributed by atoms with van der Waals surface area (Å²) in [6, 6.07) is 8.79. The van der Waals surface area contributed by atoms with Gasteiger partial charge in [-0.05, 0) is 38.0 Å². The third-order valence-electron chi connectivity index (χ3n) is 2.89. The predicted octanol–water partition coefficient (Wildman–Crippen LogP) is 2.94. The van der Waals surface area contributed by atoms with Crippen molar-refractivity contribution in [1.82, 2.24) is 0 Å². The summed E-state index contributed by atoms with van der Waals surface area (Å²) in [4.78, 5) is 2.33. The second kappa shape index (κ2) is 5.76. The van der Waals surface area contributed by atoms with Gasteiger partial charge in [0.15, 0.2) is 0 Å². The Bertz CT molecular complexity index is 275. The van der Waals surface area contributed by atoms with Crippen LogP contribution in [0.15, 0.2) is 24.3 Å². The SMILES string of the molecule is CC[C@@H](N)c1ccc(N(CC)CC)cc1. The Hall–Kier alpha value is -1.02. The van der Waals surface area contributed by atoms with Crippen LogP contribution in [0.1, 0.15) is 38.8 Å². The summed E-state index contributed by atoms with van der Waals surface area (Å²) >= 11 is 0. The van der Waals surface area contributed by atoms with E-state index in [-0.39, 0.29) is 6.04 Å². The maximum atomic E-state index is 5.97. The predicted molar refractivity (Wildman–Crippen MR) is 67.2 cm³/mol. The van der Waals surface area contributed by atoms with Gasteiger partial charge in [-0.3, -0.25) is 0 Å². The normalized spacial score (nSPS) is 12.5. The van der Waals surface area contributed by atoms with Crippen LogP contribution < -0.4 is 10.6 Å². The number of benzene rings is 1. The average molecular weight is 206 g/mol. The quantitative estimate of drug-likeness (QED) is 0.802. The molecule has 0 heterocycles. The van der Waals surface area contributed by atoms with E-state index in [1.807, 2.05) is 0 Å². The Morgan fingerprint density at radius 3 is 2.00 bits per heavy atom. The molecule has 2 nitrogen and oxygen atoms in total. The van der Waals surface area contributed by atoms with Gasteiger partial charge in [0, 0.05) is 24.8 Å². The summed E-state index contributed by atoms with van der Waals surface area (Å²) in [6.45, 7) is 8.57. The maximum absolute atomic E-state index is 5.97. The molecular formula is C13H22N2. The number of hydrogen-bond donors (Lipinski definition) is 1. The lowest BCUT2D eigenvalue weighted by Crippen LogP contribution is -2.21. The van der Waals surface area contributed by atoms with Crippen molar-refractivity contribution < 1.29 is 0 Å². The molecule has 2 heteroatoms. The molecular weight excluding hydrogens is 184 g/mol. The van der Waals surface area contributed by atoms with Gasteiger partial charge in [0.05, 0.1) is 0 Å². The number of nitrogens with zero attached hydrogens (tertiary/aromatic N) is 1. The molecule has 84 valence electrons.